The fourth-order valence-electron chi connectivity index (χ4n) is 2.09. The van der Waals surface area contributed by atoms with Crippen molar-refractivity contribution in [1.29, 1.82) is 0 Å². The quantitative estimate of drug-likeness (QED) is 0.780. The minimum Gasteiger partial charge on any atom is -0.491 e. The summed E-state index contributed by atoms with van der Waals surface area (Å²) in [5.41, 5.74) is 8.50. The van der Waals surface area contributed by atoms with Gasteiger partial charge < -0.3 is 15.2 Å². The van der Waals surface area contributed by atoms with Crippen LogP contribution in [0.25, 0.3) is 0 Å². The van der Waals surface area contributed by atoms with Gasteiger partial charge in [0.25, 0.3) is 0 Å². The van der Waals surface area contributed by atoms with E-state index in [9.17, 15) is 0 Å². The molecule has 0 amide bonds. The maximum atomic E-state index is 6.04. The Morgan fingerprint density at radius 3 is 2.38 bits per heavy atom. The van der Waals surface area contributed by atoms with Crippen LogP contribution in [-0.2, 0) is 0 Å². The van der Waals surface area contributed by atoms with E-state index >= 15 is 0 Å². The Kier molecular flexibility index (Phi) is 4.97. The number of rotatable bonds is 5. The molecule has 21 heavy (non-hydrogen) atoms. The zero-order chi connectivity index (χ0) is 15.4. The van der Waals surface area contributed by atoms with Gasteiger partial charge in [-0.2, -0.15) is 0 Å². The highest BCUT2D eigenvalue weighted by Gasteiger charge is 2.09. The Labute approximate surface area is 130 Å². The van der Waals surface area contributed by atoms with Crippen molar-refractivity contribution in [3.05, 3.63) is 46.5 Å². The smallest absolute Gasteiger partial charge is 0.145 e. The minimum atomic E-state index is 0.611. The molecule has 0 spiro atoms. The highest BCUT2D eigenvalue weighted by Crippen LogP contribution is 2.34. The van der Waals surface area contributed by atoms with Crippen LogP contribution in [0.5, 0.6) is 17.2 Å². The number of nitrogens with two attached hydrogens (primary N) is 1. The van der Waals surface area contributed by atoms with Gasteiger partial charge in [-0.05, 0) is 55.7 Å². The summed E-state index contributed by atoms with van der Waals surface area (Å²) in [6.45, 7) is 6.63. The number of hydrogen-bond donors (Lipinski definition) is 1. The second-order valence-corrected chi connectivity index (χ2v) is 5.46. The molecule has 0 heterocycles. The molecule has 0 aliphatic rings. The molecule has 0 atom stereocenters. The van der Waals surface area contributed by atoms with Gasteiger partial charge in [-0.15, -0.1) is 0 Å². The molecule has 3 nitrogen and oxygen atoms in total. The van der Waals surface area contributed by atoms with Crippen LogP contribution in [0.2, 0.25) is 5.02 Å². The monoisotopic (exact) mass is 305 g/mol. The molecular formula is C17H20ClNO2. The van der Waals surface area contributed by atoms with Crippen molar-refractivity contribution >= 4 is 17.3 Å². The predicted molar refractivity (Wildman–Crippen MR) is 87.6 cm³/mol. The summed E-state index contributed by atoms with van der Waals surface area (Å²) in [7, 11) is 0. The molecule has 2 aromatic carbocycles. The lowest BCUT2D eigenvalue weighted by Crippen LogP contribution is -1.99. The normalized spacial score (nSPS) is 10.5. The average molecular weight is 306 g/mol. The molecule has 0 bridgehead atoms. The second kappa shape index (κ2) is 6.72. The molecule has 0 saturated heterocycles. The molecule has 112 valence electrons. The first-order chi connectivity index (χ1) is 10.0. The van der Waals surface area contributed by atoms with Crippen molar-refractivity contribution in [3.8, 4) is 17.2 Å². The van der Waals surface area contributed by atoms with Crippen LogP contribution in [0.15, 0.2) is 30.3 Å². The lowest BCUT2D eigenvalue weighted by atomic mass is 10.1. The van der Waals surface area contributed by atoms with Crippen LogP contribution >= 0.6 is 11.6 Å². The Hall–Kier alpha value is -1.87. The van der Waals surface area contributed by atoms with E-state index in [2.05, 4.69) is 6.92 Å². The summed E-state index contributed by atoms with van der Waals surface area (Å²) in [6.07, 6.45) is 0.930. The lowest BCUT2D eigenvalue weighted by molar-refractivity contribution is 0.317. The van der Waals surface area contributed by atoms with E-state index in [1.807, 2.05) is 38.1 Å². The van der Waals surface area contributed by atoms with E-state index in [1.54, 1.807) is 6.07 Å². The SMILES string of the molecule is CCCOc1cc(Oc2c(C)cc(Cl)cc2C)ccc1N. The maximum absolute atomic E-state index is 6.04. The molecule has 0 aliphatic carbocycles. The van der Waals surface area contributed by atoms with E-state index in [0.717, 1.165) is 23.3 Å². The van der Waals surface area contributed by atoms with Gasteiger partial charge in [0.1, 0.15) is 17.2 Å². The number of benzene rings is 2. The van der Waals surface area contributed by atoms with Gasteiger partial charge in [0.05, 0.1) is 12.3 Å². The summed E-state index contributed by atoms with van der Waals surface area (Å²) in [6, 6.07) is 9.21. The minimum absolute atomic E-state index is 0.611. The van der Waals surface area contributed by atoms with Gasteiger partial charge in [-0.25, -0.2) is 0 Å². The number of nitrogen functional groups attached to an aromatic ring is 1. The Morgan fingerprint density at radius 1 is 1.10 bits per heavy atom. The molecule has 0 saturated carbocycles. The molecule has 0 unspecified atom stereocenters. The highest BCUT2D eigenvalue weighted by molar-refractivity contribution is 6.30. The van der Waals surface area contributed by atoms with Gasteiger partial charge >= 0.3 is 0 Å². The Balaban J connectivity index is 2.28. The van der Waals surface area contributed by atoms with E-state index < -0.39 is 0 Å². The van der Waals surface area contributed by atoms with Crippen molar-refractivity contribution < 1.29 is 9.47 Å². The standard InChI is InChI=1S/C17H20ClNO2/c1-4-7-20-16-10-14(5-6-15(16)19)21-17-11(2)8-13(18)9-12(17)3/h5-6,8-10H,4,7,19H2,1-3H3. The van der Waals surface area contributed by atoms with Crippen LogP contribution in [0.3, 0.4) is 0 Å². The highest BCUT2D eigenvalue weighted by atomic mass is 35.5. The fourth-order valence-corrected chi connectivity index (χ4v) is 2.42. The molecule has 2 rings (SSSR count). The summed E-state index contributed by atoms with van der Waals surface area (Å²) < 4.78 is 11.6. The Morgan fingerprint density at radius 2 is 1.76 bits per heavy atom. The molecule has 0 aliphatic heterocycles. The molecule has 0 radical (unpaired) electrons. The van der Waals surface area contributed by atoms with E-state index in [4.69, 9.17) is 26.8 Å². The molecule has 0 aromatic heterocycles. The fraction of sp³-hybridized carbons (Fsp3) is 0.294. The zero-order valence-corrected chi connectivity index (χ0v) is 13.3. The predicted octanol–water partition coefficient (Wildman–Crippen LogP) is 5.12. The van der Waals surface area contributed by atoms with Crippen LogP contribution in [-0.4, -0.2) is 6.61 Å². The summed E-state index contributed by atoms with van der Waals surface area (Å²) in [5, 5.41) is 0.710. The first-order valence-electron chi connectivity index (χ1n) is 6.98. The summed E-state index contributed by atoms with van der Waals surface area (Å²) >= 11 is 6.04. The number of anilines is 1. The maximum Gasteiger partial charge on any atom is 0.145 e. The zero-order valence-electron chi connectivity index (χ0n) is 12.6. The third-order valence-electron chi connectivity index (χ3n) is 3.09. The average Bonchev–Trinajstić information content (AvgIpc) is 2.43. The molecule has 0 fully saturated rings. The molecule has 2 N–H and O–H groups in total. The third kappa shape index (κ3) is 3.82. The van der Waals surface area contributed by atoms with Gasteiger partial charge in [0.2, 0.25) is 0 Å². The first-order valence-corrected chi connectivity index (χ1v) is 7.36. The largest absolute Gasteiger partial charge is 0.491 e. The van der Waals surface area contributed by atoms with Crippen LogP contribution < -0.4 is 15.2 Å². The number of ether oxygens (including phenoxy) is 2. The van der Waals surface area contributed by atoms with Crippen molar-refractivity contribution in [2.45, 2.75) is 27.2 Å². The van der Waals surface area contributed by atoms with E-state index in [0.29, 0.717) is 28.8 Å². The van der Waals surface area contributed by atoms with Gasteiger partial charge in [0.15, 0.2) is 0 Å². The molecular weight excluding hydrogens is 286 g/mol. The van der Waals surface area contributed by atoms with Gasteiger partial charge in [-0.1, -0.05) is 18.5 Å². The Bertz CT molecular complexity index is 618. The van der Waals surface area contributed by atoms with Crippen molar-refractivity contribution in [2.75, 3.05) is 12.3 Å². The topological polar surface area (TPSA) is 44.5 Å². The number of hydrogen-bond acceptors (Lipinski definition) is 3. The first kappa shape index (κ1) is 15.5. The number of halogens is 1. The van der Waals surface area contributed by atoms with Gasteiger partial charge in [0, 0.05) is 11.1 Å². The van der Waals surface area contributed by atoms with Crippen molar-refractivity contribution in [1.82, 2.24) is 0 Å². The van der Waals surface area contributed by atoms with Crippen LogP contribution in [0.1, 0.15) is 24.5 Å². The van der Waals surface area contributed by atoms with E-state index in [-0.39, 0.29) is 0 Å². The number of aryl methyl sites for hydroxylation is 2. The lowest BCUT2D eigenvalue weighted by Gasteiger charge is -2.14. The summed E-state index contributed by atoms with van der Waals surface area (Å²) in [4.78, 5) is 0. The molecule has 2 aromatic rings. The second-order valence-electron chi connectivity index (χ2n) is 5.02. The van der Waals surface area contributed by atoms with Crippen LogP contribution in [0.4, 0.5) is 5.69 Å². The van der Waals surface area contributed by atoms with Crippen molar-refractivity contribution in [3.63, 3.8) is 0 Å². The van der Waals surface area contributed by atoms with E-state index in [1.165, 1.54) is 0 Å². The van der Waals surface area contributed by atoms with Gasteiger partial charge in [-0.3, -0.25) is 0 Å². The third-order valence-corrected chi connectivity index (χ3v) is 3.31. The van der Waals surface area contributed by atoms with Crippen LogP contribution in [0, 0.1) is 13.8 Å². The molecule has 4 heteroatoms. The summed E-state index contributed by atoms with van der Waals surface area (Å²) in [5.74, 6) is 2.16. The van der Waals surface area contributed by atoms with Crippen molar-refractivity contribution in [2.24, 2.45) is 0 Å².